The Hall–Kier alpha value is 0.270. The number of thioether (sulfide) groups is 1. The Morgan fingerprint density at radius 1 is 1.67 bits per heavy atom. The SMILES string of the molecule is NOCCC1CCCS1. The molecule has 1 unspecified atom stereocenters. The summed E-state index contributed by atoms with van der Waals surface area (Å²) in [5.41, 5.74) is 0. The van der Waals surface area contributed by atoms with Gasteiger partial charge in [-0.3, -0.25) is 0 Å². The standard InChI is InChI=1S/C6H13NOS/c7-8-4-3-6-2-1-5-9-6/h6H,1-5,7H2. The highest BCUT2D eigenvalue weighted by atomic mass is 32.2. The van der Waals surface area contributed by atoms with E-state index in [1.807, 2.05) is 11.8 Å². The lowest BCUT2D eigenvalue weighted by Crippen LogP contribution is -2.06. The molecule has 1 heterocycles. The van der Waals surface area contributed by atoms with E-state index in [1.165, 1.54) is 18.6 Å². The van der Waals surface area contributed by atoms with E-state index in [4.69, 9.17) is 5.90 Å². The molecule has 3 heteroatoms. The number of hydrogen-bond donors (Lipinski definition) is 1. The first-order chi connectivity index (χ1) is 4.43. The Morgan fingerprint density at radius 3 is 3.11 bits per heavy atom. The summed E-state index contributed by atoms with van der Waals surface area (Å²) in [7, 11) is 0. The average Bonchev–Trinajstić information content (AvgIpc) is 2.34. The van der Waals surface area contributed by atoms with E-state index in [-0.39, 0.29) is 0 Å². The predicted octanol–water partition coefficient (Wildman–Crippen LogP) is 1.16. The highest BCUT2D eigenvalue weighted by Crippen LogP contribution is 2.28. The van der Waals surface area contributed by atoms with Crippen LogP contribution in [0.5, 0.6) is 0 Å². The van der Waals surface area contributed by atoms with Crippen molar-refractivity contribution in [2.24, 2.45) is 5.90 Å². The molecule has 1 aliphatic heterocycles. The molecule has 0 saturated carbocycles. The van der Waals surface area contributed by atoms with Gasteiger partial charge in [-0.05, 0) is 25.0 Å². The van der Waals surface area contributed by atoms with Crippen molar-refractivity contribution in [3.8, 4) is 0 Å². The van der Waals surface area contributed by atoms with E-state index in [0.29, 0.717) is 0 Å². The first kappa shape index (κ1) is 7.38. The molecule has 9 heavy (non-hydrogen) atoms. The molecule has 1 atom stereocenters. The third-order valence-corrected chi connectivity index (χ3v) is 3.05. The summed E-state index contributed by atoms with van der Waals surface area (Å²) in [6.07, 6.45) is 3.86. The Labute approximate surface area is 60.1 Å². The molecule has 1 fully saturated rings. The van der Waals surface area contributed by atoms with Crippen LogP contribution < -0.4 is 5.90 Å². The highest BCUT2D eigenvalue weighted by molar-refractivity contribution is 8.00. The molecule has 0 bridgehead atoms. The second kappa shape index (κ2) is 4.14. The normalized spacial score (nSPS) is 27.0. The van der Waals surface area contributed by atoms with Crippen molar-refractivity contribution < 1.29 is 4.84 Å². The van der Waals surface area contributed by atoms with Crippen molar-refractivity contribution in [1.29, 1.82) is 0 Å². The fourth-order valence-electron chi connectivity index (χ4n) is 1.07. The molecule has 0 spiro atoms. The van der Waals surface area contributed by atoms with Crippen LogP contribution in [-0.2, 0) is 4.84 Å². The fourth-order valence-corrected chi connectivity index (χ4v) is 2.33. The van der Waals surface area contributed by atoms with Gasteiger partial charge in [-0.25, -0.2) is 5.90 Å². The quantitative estimate of drug-likeness (QED) is 0.608. The third kappa shape index (κ3) is 2.56. The molecular weight excluding hydrogens is 134 g/mol. The van der Waals surface area contributed by atoms with Crippen LogP contribution in [0.3, 0.4) is 0 Å². The van der Waals surface area contributed by atoms with Crippen molar-refractivity contribution in [2.45, 2.75) is 24.5 Å². The zero-order chi connectivity index (χ0) is 6.53. The highest BCUT2D eigenvalue weighted by Gasteiger charge is 2.14. The van der Waals surface area contributed by atoms with Crippen LogP contribution >= 0.6 is 11.8 Å². The van der Waals surface area contributed by atoms with Crippen molar-refractivity contribution in [3.63, 3.8) is 0 Å². The van der Waals surface area contributed by atoms with E-state index in [0.717, 1.165) is 18.3 Å². The lowest BCUT2D eigenvalue weighted by molar-refractivity contribution is 0.135. The van der Waals surface area contributed by atoms with Gasteiger partial charge in [-0.15, -0.1) is 0 Å². The minimum absolute atomic E-state index is 0.720. The summed E-state index contributed by atoms with van der Waals surface area (Å²) in [6, 6.07) is 0. The number of hydrogen-bond acceptors (Lipinski definition) is 3. The maximum atomic E-state index is 4.90. The van der Waals surface area contributed by atoms with Crippen LogP contribution in [0.4, 0.5) is 0 Å². The van der Waals surface area contributed by atoms with Crippen LogP contribution in [0.2, 0.25) is 0 Å². The topological polar surface area (TPSA) is 35.2 Å². The smallest absolute Gasteiger partial charge is 0.0689 e. The van der Waals surface area contributed by atoms with Gasteiger partial charge in [0.1, 0.15) is 0 Å². The molecule has 0 aromatic carbocycles. The van der Waals surface area contributed by atoms with Crippen molar-refractivity contribution in [3.05, 3.63) is 0 Å². The molecule has 1 saturated heterocycles. The van der Waals surface area contributed by atoms with Gasteiger partial charge >= 0.3 is 0 Å². The molecule has 0 amide bonds. The van der Waals surface area contributed by atoms with Gasteiger partial charge in [0.2, 0.25) is 0 Å². The van der Waals surface area contributed by atoms with E-state index in [1.54, 1.807) is 0 Å². The van der Waals surface area contributed by atoms with Gasteiger partial charge in [0, 0.05) is 5.25 Å². The Morgan fingerprint density at radius 2 is 2.56 bits per heavy atom. The van der Waals surface area contributed by atoms with Gasteiger partial charge in [0.25, 0.3) is 0 Å². The number of nitrogens with two attached hydrogens (primary N) is 1. The molecule has 2 N–H and O–H groups in total. The maximum Gasteiger partial charge on any atom is 0.0689 e. The summed E-state index contributed by atoms with van der Waals surface area (Å²) in [5, 5.41) is 0.827. The average molecular weight is 147 g/mol. The maximum absolute atomic E-state index is 4.90. The van der Waals surface area contributed by atoms with Crippen LogP contribution in [0.1, 0.15) is 19.3 Å². The lowest BCUT2D eigenvalue weighted by atomic mass is 10.2. The molecule has 0 aliphatic carbocycles. The molecular formula is C6H13NOS. The summed E-state index contributed by atoms with van der Waals surface area (Å²) >= 11 is 2.05. The third-order valence-electron chi connectivity index (χ3n) is 1.58. The van der Waals surface area contributed by atoms with Crippen molar-refractivity contribution in [1.82, 2.24) is 0 Å². The minimum Gasteiger partial charge on any atom is -0.305 e. The van der Waals surface area contributed by atoms with E-state index in [2.05, 4.69) is 4.84 Å². The van der Waals surface area contributed by atoms with Crippen LogP contribution in [0.25, 0.3) is 0 Å². The molecule has 0 aromatic rings. The van der Waals surface area contributed by atoms with Gasteiger partial charge in [-0.2, -0.15) is 11.8 Å². The van der Waals surface area contributed by atoms with Gasteiger partial charge in [0.05, 0.1) is 6.61 Å². The molecule has 0 aromatic heterocycles. The zero-order valence-corrected chi connectivity index (χ0v) is 6.32. The summed E-state index contributed by atoms with van der Waals surface area (Å²) in [6.45, 7) is 0.720. The second-order valence-electron chi connectivity index (χ2n) is 2.29. The molecule has 54 valence electrons. The van der Waals surface area contributed by atoms with Gasteiger partial charge in [-0.1, -0.05) is 0 Å². The van der Waals surface area contributed by atoms with E-state index >= 15 is 0 Å². The fraction of sp³-hybridized carbons (Fsp3) is 1.00. The predicted molar refractivity (Wildman–Crippen MR) is 40.2 cm³/mol. The van der Waals surface area contributed by atoms with Gasteiger partial charge in [0.15, 0.2) is 0 Å². The Bertz CT molecular complexity index is 73.5. The van der Waals surface area contributed by atoms with Crippen LogP contribution in [0.15, 0.2) is 0 Å². The minimum atomic E-state index is 0.720. The molecule has 1 aliphatic rings. The Kier molecular flexibility index (Phi) is 3.40. The van der Waals surface area contributed by atoms with Crippen LogP contribution in [-0.4, -0.2) is 17.6 Å². The summed E-state index contributed by atoms with van der Waals surface area (Å²) < 4.78 is 0. The number of rotatable bonds is 3. The van der Waals surface area contributed by atoms with Crippen molar-refractivity contribution in [2.75, 3.05) is 12.4 Å². The summed E-state index contributed by atoms with van der Waals surface area (Å²) in [5.74, 6) is 6.23. The lowest BCUT2D eigenvalue weighted by Gasteiger charge is -2.04. The Balaban J connectivity index is 1.98. The molecule has 0 radical (unpaired) electrons. The molecule has 1 rings (SSSR count). The molecule has 2 nitrogen and oxygen atoms in total. The first-order valence-corrected chi connectivity index (χ1v) is 4.41. The van der Waals surface area contributed by atoms with Crippen molar-refractivity contribution >= 4 is 11.8 Å². The zero-order valence-electron chi connectivity index (χ0n) is 5.51. The van der Waals surface area contributed by atoms with Gasteiger partial charge < -0.3 is 4.84 Å². The summed E-state index contributed by atoms with van der Waals surface area (Å²) in [4.78, 5) is 4.49. The van der Waals surface area contributed by atoms with E-state index < -0.39 is 0 Å². The van der Waals surface area contributed by atoms with E-state index in [9.17, 15) is 0 Å². The first-order valence-electron chi connectivity index (χ1n) is 3.37. The monoisotopic (exact) mass is 147 g/mol. The second-order valence-corrected chi connectivity index (χ2v) is 3.70. The van der Waals surface area contributed by atoms with Crippen LogP contribution in [0, 0.1) is 0 Å². The largest absolute Gasteiger partial charge is 0.305 e.